The zero-order valence-electron chi connectivity index (χ0n) is 15.7. The van der Waals surface area contributed by atoms with Crippen LogP contribution in [0.3, 0.4) is 0 Å². The molecule has 0 unspecified atom stereocenters. The zero-order valence-corrected chi connectivity index (χ0v) is 15.7. The van der Waals surface area contributed by atoms with Gasteiger partial charge in [0.2, 0.25) is 0 Å². The van der Waals surface area contributed by atoms with Crippen molar-refractivity contribution >= 4 is 5.97 Å². The van der Waals surface area contributed by atoms with Gasteiger partial charge in [-0.3, -0.25) is 4.90 Å². The Balaban J connectivity index is 1.52. The Morgan fingerprint density at radius 1 is 1.12 bits per heavy atom. The predicted molar refractivity (Wildman–Crippen MR) is 97.4 cm³/mol. The van der Waals surface area contributed by atoms with E-state index in [1.807, 2.05) is 20.8 Å². The minimum Gasteiger partial charge on any atom is -0.458 e. The maximum Gasteiger partial charge on any atom is 0.332 e. The van der Waals surface area contributed by atoms with Gasteiger partial charge in [-0.2, -0.15) is 0 Å². The van der Waals surface area contributed by atoms with Crippen molar-refractivity contribution in [2.75, 3.05) is 32.9 Å². The third-order valence-corrected chi connectivity index (χ3v) is 4.00. The van der Waals surface area contributed by atoms with Gasteiger partial charge in [-0.15, -0.1) is 0 Å². The van der Waals surface area contributed by atoms with Crippen molar-refractivity contribution in [3.05, 3.63) is 35.9 Å². The second-order valence-electron chi connectivity index (χ2n) is 7.47. The molecule has 0 aromatic heterocycles. The molecule has 1 saturated heterocycles. The molecule has 0 saturated carbocycles. The van der Waals surface area contributed by atoms with Crippen LogP contribution in [0.15, 0.2) is 30.3 Å². The molecule has 0 atom stereocenters. The summed E-state index contributed by atoms with van der Waals surface area (Å²) in [6.07, 6.45) is 2.37. The molecule has 1 fully saturated rings. The van der Waals surface area contributed by atoms with Crippen LogP contribution < -0.4 is 0 Å². The molecule has 0 N–H and O–H groups in total. The summed E-state index contributed by atoms with van der Waals surface area (Å²) in [5.74, 6) is -0.332. The van der Waals surface area contributed by atoms with Crippen molar-refractivity contribution in [1.29, 1.82) is 0 Å². The molecular formula is C20H31NO4. The third kappa shape index (κ3) is 8.47. The quantitative estimate of drug-likeness (QED) is 0.533. The molecular weight excluding hydrogens is 318 g/mol. The fraction of sp³-hybridized carbons (Fsp3) is 0.650. The molecule has 2 rings (SSSR count). The summed E-state index contributed by atoms with van der Waals surface area (Å²) >= 11 is 0. The van der Waals surface area contributed by atoms with E-state index < -0.39 is 5.60 Å². The molecule has 5 heteroatoms. The normalized spacial score (nSPS) is 16.8. The summed E-state index contributed by atoms with van der Waals surface area (Å²) in [5.41, 5.74) is 0.891. The van der Waals surface area contributed by atoms with E-state index in [0.29, 0.717) is 13.2 Å². The lowest BCUT2D eigenvalue weighted by atomic mass is 10.1. The molecule has 5 nitrogen and oxygen atoms in total. The van der Waals surface area contributed by atoms with Crippen molar-refractivity contribution in [3.63, 3.8) is 0 Å². The monoisotopic (exact) mass is 349 g/mol. The first-order valence-corrected chi connectivity index (χ1v) is 9.10. The largest absolute Gasteiger partial charge is 0.458 e. The molecule has 1 aliphatic rings. The van der Waals surface area contributed by atoms with Crippen LogP contribution in [-0.4, -0.2) is 55.5 Å². The highest BCUT2D eigenvalue weighted by molar-refractivity contribution is 5.71. The van der Waals surface area contributed by atoms with Crippen LogP contribution in [0.1, 0.15) is 39.2 Å². The number of nitrogens with zero attached hydrogens (tertiary/aromatic N) is 1. The van der Waals surface area contributed by atoms with Gasteiger partial charge in [0, 0.05) is 19.6 Å². The molecule has 0 amide bonds. The van der Waals surface area contributed by atoms with Crippen molar-refractivity contribution in [2.45, 2.75) is 51.9 Å². The van der Waals surface area contributed by atoms with Crippen LogP contribution in [0.4, 0.5) is 0 Å². The highest BCUT2D eigenvalue weighted by atomic mass is 16.6. The van der Waals surface area contributed by atoms with Gasteiger partial charge in [-0.1, -0.05) is 30.3 Å². The van der Waals surface area contributed by atoms with E-state index in [1.165, 1.54) is 5.56 Å². The van der Waals surface area contributed by atoms with Gasteiger partial charge in [-0.05, 0) is 39.2 Å². The maximum atomic E-state index is 11.5. The van der Waals surface area contributed by atoms with Gasteiger partial charge >= 0.3 is 5.97 Å². The first kappa shape index (κ1) is 19.9. The van der Waals surface area contributed by atoms with Gasteiger partial charge in [-0.25, -0.2) is 4.79 Å². The van der Waals surface area contributed by atoms with Crippen molar-refractivity contribution < 1.29 is 19.0 Å². The average molecular weight is 349 g/mol. The summed E-state index contributed by atoms with van der Waals surface area (Å²) in [5, 5.41) is 0. The van der Waals surface area contributed by atoms with Crippen molar-refractivity contribution in [3.8, 4) is 0 Å². The molecule has 1 aliphatic heterocycles. The minimum atomic E-state index is -0.468. The van der Waals surface area contributed by atoms with E-state index in [4.69, 9.17) is 14.2 Å². The van der Waals surface area contributed by atoms with Crippen LogP contribution in [0.25, 0.3) is 0 Å². The van der Waals surface area contributed by atoms with Crippen LogP contribution in [0, 0.1) is 0 Å². The number of benzene rings is 1. The second kappa shape index (κ2) is 9.90. The van der Waals surface area contributed by atoms with Gasteiger partial charge in [0.25, 0.3) is 0 Å². The van der Waals surface area contributed by atoms with E-state index in [1.54, 1.807) is 0 Å². The number of piperidine rings is 1. The number of likely N-dealkylation sites (tertiary alicyclic amines) is 1. The Morgan fingerprint density at radius 2 is 1.80 bits per heavy atom. The molecule has 0 aliphatic carbocycles. The first-order chi connectivity index (χ1) is 11.9. The smallest absolute Gasteiger partial charge is 0.332 e. The fourth-order valence-electron chi connectivity index (χ4n) is 2.88. The average Bonchev–Trinajstić information content (AvgIpc) is 2.55. The summed E-state index contributed by atoms with van der Waals surface area (Å²) in [6.45, 7) is 9.57. The maximum absolute atomic E-state index is 11.5. The number of hydrogen-bond donors (Lipinski definition) is 0. The van der Waals surface area contributed by atoms with E-state index >= 15 is 0 Å². The van der Waals surface area contributed by atoms with E-state index in [9.17, 15) is 4.79 Å². The van der Waals surface area contributed by atoms with Crippen molar-refractivity contribution in [2.24, 2.45) is 0 Å². The number of carbonyl (C=O) groups is 1. The third-order valence-electron chi connectivity index (χ3n) is 4.00. The van der Waals surface area contributed by atoms with Crippen LogP contribution in [-0.2, 0) is 25.5 Å². The first-order valence-electron chi connectivity index (χ1n) is 9.10. The summed E-state index contributed by atoms with van der Waals surface area (Å²) in [6, 6.07) is 10.6. The SMILES string of the molecule is CC(C)(C)OC(=O)COCCOC1CCN(Cc2ccccc2)CC1. The zero-order chi connectivity index (χ0) is 18.1. The van der Waals surface area contributed by atoms with E-state index in [-0.39, 0.29) is 18.7 Å². The Labute approximate surface area is 151 Å². The topological polar surface area (TPSA) is 48.0 Å². The van der Waals surface area contributed by atoms with E-state index in [0.717, 1.165) is 32.5 Å². The highest BCUT2D eigenvalue weighted by Gasteiger charge is 2.20. The lowest BCUT2D eigenvalue weighted by Gasteiger charge is -2.31. The Morgan fingerprint density at radius 3 is 2.44 bits per heavy atom. The predicted octanol–water partition coefficient (Wildman–Crippen LogP) is 3.03. The Hall–Kier alpha value is -1.43. The lowest BCUT2D eigenvalue weighted by Crippen LogP contribution is -2.37. The minimum absolute atomic E-state index is 0.0177. The molecule has 25 heavy (non-hydrogen) atoms. The van der Waals surface area contributed by atoms with Gasteiger partial charge in [0.1, 0.15) is 12.2 Å². The molecule has 0 bridgehead atoms. The highest BCUT2D eigenvalue weighted by Crippen LogP contribution is 2.16. The fourth-order valence-corrected chi connectivity index (χ4v) is 2.88. The molecule has 1 aromatic carbocycles. The lowest BCUT2D eigenvalue weighted by molar-refractivity contribution is -0.160. The summed E-state index contributed by atoms with van der Waals surface area (Å²) in [4.78, 5) is 14.0. The van der Waals surface area contributed by atoms with Gasteiger partial charge in [0.05, 0.1) is 19.3 Å². The number of carbonyl (C=O) groups excluding carboxylic acids is 1. The van der Waals surface area contributed by atoms with Crippen LogP contribution in [0.5, 0.6) is 0 Å². The standard InChI is InChI=1S/C20H31NO4/c1-20(2,3)25-19(22)16-23-13-14-24-18-9-11-21(12-10-18)15-17-7-5-4-6-8-17/h4-8,18H,9-16H2,1-3H3. The molecule has 1 aromatic rings. The number of rotatable bonds is 8. The van der Waals surface area contributed by atoms with Gasteiger partial charge in [0.15, 0.2) is 0 Å². The number of hydrogen-bond acceptors (Lipinski definition) is 5. The van der Waals surface area contributed by atoms with Gasteiger partial charge < -0.3 is 14.2 Å². The Kier molecular flexibility index (Phi) is 7.88. The van der Waals surface area contributed by atoms with E-state index in [2.05, 4.69) is 35.2 Å². The summed E-state index contributed by atoms with van der Waals surface area (Å²) in [7, 11) is 0. The second-order valence-corrected chi connectivity index (χ2v) is 7.47. The Bertz CT molecular complexity index is 504. The van der Waals surface area contributed by atoms with Crippen molar-refractivity contribution in [1.82, 2.24) is 4.90 Å². The number of ether oxygens (including phenoxy) is 3. The molecule has 0 radical (unpaired) electrons. The number of esters is 1. The van der Waals surface area contributed by atoms with Crippen LogP contribution >= 0.6 is 0 Å². The summed E-state index contributed by atoms with van der Waals surface area (Å²) < 4.78 is 16.4. The molecule has 1 heterocycles. The molecule has 140 valence electrons. The van der Waals surface area contributed by atoms with Crippen LogP contribution in [0.2, 0.25) is 0 Å². The molecule has 0 spiro atoms.